The van der Waals surface area contributed by atoms with E-state index in [-0.39, 0.29) is 0 Å². The van der Waals surface area contributed by atoms with Crippen molar-refractivity contribution in [1.29, 1.82) is 0 Å². The van der Waals surface area contributed by atoms with Crippen molar-refractivity contribution >= 4 is 11.5 Å². The highest BCUT2D eigenvalue weighted by atomic mass is 16.5. The minimum absolute atomic E-state index is 0.532. The summed E-state index contributed by atoms with van der Waals surface area (Å²) in [5.41, 5.74) is 6.56. The van der Waals surface area contributed by atoms with Crippen LogP contribution in [0.3, 0.4) is 0 Å². The fraction of sp³-hybridized carbons (Fsp3) is 0.583. The van der Waals surface area contributed by atoms with Gasteiger partial charge in [0.15, 0.2) is 0 Å². The number of ether oxygens (including phenoxy) is 1. The fourth-order valence-electron chi connectivity index (χ4n) is 1.25. The predicted molar refractivity (Wildman–Crippen MR) is 67.4 cm³/mol. The van der Waals surface area contributed by atoms with E-state index in [1.54, 1.807) is 6.20 Å². The van der Waals surface area contributed by atoms with Crippen LogP contribution in [-0.4, -0.2) is 24.7 Å². The standard InChI is InChI=1S/C12H21N3O/c1-10(2)5-8-16-9-7-14-11-4-3-6-15-12(11)13/h3-4,6,10,14H,5,7-9H2,1-2H3,(H2,13,15). The van der Waals surface area contributed by atoms with Crippen LogP contribution in [0.5, 0.6) is 0 Å². The third kappa shape index (κ3) is 4.98. The molecule has 0 atom stereocenters. The molecule has 4 heteroatoms. The number of nitrogen functional groups attached to an aromatic ring is 1. The van der Waals surface area contributed by atoms with Gasteiger partial charge in [0, 0.05) is 19.3 Å². The van der Waals surface area contributed by atoms with Crippen molar-refractivity contribution in [3.63, 3.8) is 0 Å². The predicted octanol–water partition coefficient (Wildman–Crippen LogP) is 2.14. The van der Waals surface area contributed by atoms with Crippen molar-refractivity contribution in [3.05, 3.63) is 18.3 Å². The minimum atomic E-state index is 0.532. The lowest BCUT2D eigenvalue weighted by Gasteiger charge is -2.09. The number of nitrogens with zero attached hydrogens (tertiary/aromatic N) is 1. The zero-order valence-electron chi connectivity index (χ0n) is 10.1. The minimum Gasteiger partial charge on any atom is -0.382 e. The smallest absolute Gasteiger partial charge is 0.146 e. The third-order valence-electron chi connectivity index (χ3n) is 2.24. The van der Waals surface area contributed by atoms with Gasteiger partial charge in [0.2, 0.25) is 0 Å². The number of anilines is 2. The van der Waals surface area contributed by atoms with Gasteiger partial charge in [-0.15, -0.1) is 0 Å². The Labute approximate surface area is 97.2 Å². The highest BCUT2D eigenvalue weighted by Crippen LogP contribution is 2.12. The van der Waals surface area contributed by atoms with Gasteiger partial charge < -0.3 is 15.8 Å². The number of hydrogen-bond donors (Lipinski definition) is 2. The second kappa shape index (κ2) is 7.06. The largest absolute Gasteiger partial charge is 0.382 e. The summed E-state index contributed by atoms with van der Waals surface area (Å²) in [7, 11) is 0. The van der Waals surface area contributed by atoms with Gasteiger partial charge in [-0.05, 0) is 24.5 Å². The Kier molecular flexibility index (Phi) is 5.64. The molecule has 1 rings (SSSR count). The number of rotatable bonds is 7. The number of pyridine rings is 1. The first-order chi connectivity index (χ1) is 7.70. The maximum absolute atomic E-state index is 5.69. The Balaban J connectivity index is 2.10. The van der Waals surface area contributed by atoms with Crippen molar-refractivity contribution in [2.45, 2.75) is 20.3 Å². The molecule has 0 spiro atoms. The Morgan fingerprint density at radius 3 is 2.94 bits per heavy atom. The quantitative estimate of drug-likeness (QED) is 0.695. The van der Waals surface area contributed by atoms with E-state index in [9.17, 15) is 0 Å². The zero-order chi connectivity index (χ0) is 11.8. The van der Waals surface area contributed by atoms with Crippen molar-refractivity contribution in [2.75, 3.05) is 30.8 Å². The van der Waals surface area contributed by atoms with Gasteiger partial charge in [-0.1, -0.05) is 13.8 Å². The van der Waals surface area contributed by atoms with Crippen LogP contribution >= 0.6 is 0 Å². The average molecular weight is 223 g/mol. The number of aromatic nitrogens is 1. The summed E-state index contributed by atoms with van der Waals surface area (Å²) in [6.45, 7) is 6.66. The molecule has 90 valence electrons. The van der Waals surface area contributed by atoms with Crippen LogP contribution < -0.4 is 11.1 Å². The molecule has 0 bridgehead atoms. The molecule has 3 N–H and O–H groups in total. The van der Waals surface area contributed by atoms with E-state index in [1.807, 2.05) is 12.1 Å². The fourth-order valence-corrected chi connectivity index (χ4v) is 1.25. The Bertz CT molecular complexity index is 302. The first-order valence-corrected chi connectivity index (χ1v) is 5.72. The van der Waals surface area contributed by atoms with Crippen molar-refractivity contribution in [2.24, 2.45) is 5.92 Å². The van der Waals surface area contributed by atoms with Gasteiger partial charge in [-0.25, -0.2) is 4.98 Å². The number of nitrogens with two attached hydrogens (primary N) is 1. The van der Waals surface area contributed by atoms with Crippen LogP contribution in [0.4, 0.5) is 11.5 Å². The first-order valence-electron chi connectivity index (χ1n) is 5.72. The molecular formula is C12H21N3O. The van der Waals surface area contributed by atoms with Gasteiger partial charge in [0.1, 0.15) is 5.82 Å². The molecule has 0 saturated carbocycles. The van der Waals surface area contributed by atoms with Gasteiger partial charge in [-0.3, -0.25) is 0 Å². The molecule has 0 aliphatic carbocycles. The molecule has 1 heterocycles. The summed E-state index contributed by atoms with van der Waals surface area (Å²) in [6.07, 6.45) is 2.79. The summed E-state index contributed by atoms with van der Waals surface area (Å²) in [5, 5.41) is 3.19. The van der Waals surface area contributed by atoms with Crippen LogP contribution in [0, 0.1) is 5.92 Å². The molecule has 16 heavy (non-hydrogen) atoms. The second-order valence-electron chi connectivity index (χ2n) is 4.16. The summed E-state index contributed by atoms with van der Waals surface area (Å²) < 4.78 is 5.48. The summed E-state index contributed by atoms with van der Waals surface area (Å²) in [6, 6.07) is 3.77. The Morgan fingerprint density at radius 1 is 1.44 bits per heavy atom. The normalized spacial score (nSPS) is 10.7. The summed E-state index contributed by atoms with van der Waals surface area (Å²) in [4.78, 5) is 3.99. The van der Waals surface area contributed by atoms with E-state index >= 15 is 0 Å². The van der Waals surface area contributed by atoms with Gasteiger partial charge in [-0.2, -0.15) is 0 Å². The van der Waals surface area contributed by atoms with Gasteiger partial charge >= 0.3 is 0 Å². The van der Waals surface area contributed by atoms with Crippen LogP contribution in [-0.2, 0) is 4.74 Å². The van der Waals surface area contributed by atoms with Crippen molar-refractivity contribution in [3.8, 4) is 0 Å². The Morgan fingerprint density at radius 2 is 2.25 bits per heavy atom. The monoisotopic (exact) mass is 223 g/mol. The molecule has 0 aliphatic heterocycles. The zero-order valence-corrected chi connectivity index (χ0v) is 10.1. The van der Waals surface area contributed by atoms with Crippen LogP contribution in [0.1, 0.15) is 20.3 Å². The molecule has 0 amide bonds. The highest BCUT2D eigenvalue weighted by Gasteiger charge is 1.97. The molecule has 4 nitrogen and oxygen atoms in total. The topological polar surface area (TPSA) is 60.2 Å². The second-order valence-corrected chi connectivity index (χ2v) is 4.16. The van der Waals surface area contributed by atoms with E-state index in [0.717, 1.165) is 25.3 Å². The van der Waals surface area contributed by atoms with E-state index < -0.39 is 0 Å². The maximum atomic E-state index is 5.69. The maximum Gasteiger partial charge on any atom is 0.146 e. The number of nitrogens with one attached hydrogen (secondary N) is 1. The van der Waals surface area contributed by atoms with Gasteiger partial charge in [0.25, 0.3) is 0 Å². The molecular weight excluding hydrogens is 202 g/mol. The lowest BCUT2D eigenvalue weighted by Crippen LogP contribution is -2.12. The molecule has 0 fully saturated rings. The summed E-state index contributed by atoms with van der Waals surface area (Å²) in [5.74, 6) is 1.23. The van der Waals surface area contributed by atoms with E-state index in [4.69, 9.17) is 10.5 Å². The SMILES string of the molecule is CC(C)CCOCCNc1cccnc1N. The van der Waals surface area contributed by atoms with E-state index in [2.05, 4.69) is 24.1 Å². The molecule has 1 aromatic rings. The van der Waals surface area contributed by atoms with E-state index in [1.165, 1.54) is 0 Å². The number of hydrogen-bond acceptors (Lipinski definition) is 4. The van der Waals surface area contributed by atoms with Crippen molar-refractivity contribution < 1.29 is 4.74 Å². The van der Waals surface area contributed by atoms with Crippen molar-refractivity contribution in [1.82, 2.24) is 4.98 Å². The molecule has 0 aliphatic rings. The molecule has 1 aromatic heterocycles. The van der Waals surface area contributed by atoms with Crippen LogP contribution in [0.25, 0.3) is 0 Å². The summed E-state index contributed by atoms with van der Waals surface area (Å²) >= 11 is 0. The lowest BCUT2D eigenvalue weighted by atomic mass is 10.1. The molecule has 0 aromatic carbocycles. The van der Waals surface area contributed by atoms with E-state index in [0.29, 0.717) is 18.3 Å². The molecule has 0 saturated heterocycles. The van der Waals surface area contributed by atoms with Gasteiger partial charge in [0.05, 0.1) is 12.3 Å². The molecule has 0 unspecified atom stereocenters. The first kappa shape index (κ1) is 12.8. The van der Waals surface area contributed by atoms with Crippen LogP contribution in [0.15, 0.2) is 18.3 Å². The average Bonchev–Trinajstić information content (AvgIpc) is 2.25. The molecule has 0 radical (unpaired) electrons. The Hall–Kier alpha value is -1.29. The third-order valence-corrected chi connectivity index (χ3v) is 2.24. The highest BCUT2D eigenvalue weighted by molar-refractivity contribution is 5.60. The van der Waals surface area contributed by atoms with Crippen LogP contribution in [0.2, 0.25) is 0 Å². The lowest BCUT2D eigenvalue weighted by molar-refractivity contribution is 0.132.